The topological polar surface area (TPSA) is 82.2 Å². The van der Waals surface area contributed by atoms with Gasteiger partial charge in [0.25, 0.3) is 0 Å². The highest BCUT2D eigenvalue weighted by atomic mass is 19.1. The van der Waals surface area contributed by atoms with Crippen LogP contribution in [0.5, 0.6) is 0 Å². The standard InChI is InChI=1S/C14H17FN4O2/c1-9-6-13(17-14(20)12(16)8-21-2)18-19(9)11-5-3-4-10(15)7-11/h3-7,12H,8,16H2,1-2H3,(H,17,18,20). The summed E-state index contributed by atoms with van der Waals surface area (Å²) in [5.41, 5.74) is 6.97. The Labute approximate surface area is 121 Å². The molecule has 0 saturated heterocycles. The number of amides is 1. The van der Waals surface area contributed by atoms with E-state index >= 15 is 0 Å². The lowest BCUT2D eigenvalue weighted by atomic mass is 10.3. The molecule has 1 unspecified atom stereocenters. The van der Waals surface area contributed by atoms with Crippen molar-refractivity contribution in [2.24, 2.45) is 5.73 Å². The highest BCUT2D eigenvalue weighted by molar-refractivity contribution is 5.94. The molecule has 1 aromatic heterocycles. The number of carbonyl (C=O) groups excluding carboxylic acids is 1. The van der Waals surface area contributed by atoms with Gasteiger partial charge in [0.15, 0.2) is 5.82 Å². The molecule has 1 atom stereocenters. The zero-order chi connectivity index (χ0) is 15.4. The fourth-order valence-corrected chi connectivity index (χ4v) is 1.88. The van der Waals surface area contributed by atoms with Crippen LogP contribution in [0.3, 0.4) is 0 Å². The maximum atomic E-state index is 13.3. The summed E-state index contributed by atoms with van der Waals surface area (Å²) in [4.78, 5) is 11.8. The van der Waals surface area contributed by atoms with Gasteiger partial charge in [0.1, 0.15) is 11.9 Å². The lowest BCUT2D eigenvalue weighted by Crippen LogP contribution is -2.39. The number of aromatic nitrogens is 2. The average Bonchev–Trinajstić information content (AvgIpc) is 2.79. The number of nitrogens with two attached hydrogens (primary N) is 1. The number of anilines is 1. The number of ether oxygens (including phenoxy) is 1. The molecular formula is C14H17FN4O2. The largest absolute Gasteiger partial charge is 0.383 e. The van der Waals surface area contributed by atoms with Crippen molar-refractivity contribution in [3.63, 3.8) is 0 Å². The third kappa shape index (κ3) is 3.65. The monoisotopic (exact) mass is 292 g/mol. The Hall–Kier alpha value is -2.25. The minimum Gasteiger partial charge on any atom is -0.383 e. The van der Waals surface area contributed by atoms with Crippen LogP contribution in [-0.4, -0.2) is 35.4 Å². The third-order valence-electron chi connectivity index (χ3n) is 2.87. The maximum absolute atomic E-state index is 13.3. The molecule has 3 N–H and O–H groups in total. The molecular weight excluding hydrogens is 275 g/mol. The minimum atomic E-state index is -0.769. The van der Waals surface area contributed by atoms with Gasteiger partial charge < -0.3 is 15.8 Å². The minimum absolute atomic E-state index is 0.120. The van der Waals surface area contributed by atoms with E-state index in [1.165, 1.54) is 19.2 Å². The summed E-state index contributed by atoms with van der Waals surface area (Å²) in [6.45, 7) is 1.93. The number of carbonyl (C=O) groups is 1. The van der Waals surface area contributed by atoms with Crippen LogP contribution in [-0.2, 0) is 9.53 Å². The van der Waals surface area contributed by atoms with E-state index in [0.717, 1.165) is 5.69 Å². The first-order chi connectivity index (χ1) is 10.0. The molecule has 1 aromatic carbocycles. The Bertz CT molecular complexity index is 642. The van der Waals surface area contributed by atoms with E-state index in [-0.39, 0.29) is 18.3 Å². The van der Waals surface area contributed by atoms with Crippen molar-refractivity contribution in [1.82, 2.24) is 9.78 Å². The number of nitrogens with one attached hydrogen (secondary N) is 1. The summed E-state index contributed by atoms with van der Waals surface area (Å²) in [5.74, 6) is -0.385. The van der Waals surface area contributed by atoms with Gasteiger partial charge in [-0.1, -0.05) is 6.07 Å². The normalized spacial score (nSPS) is 12.2. The van der Waals surface area contributed by atoms with Crippen molar-refractivity contribution in [2.75, 3.05) is 19.0 Å². The number of methoxy groups -OCH3 is 1. The van der Waals surface area contributed by atoms with Crippen molar-refractivity contribution in [3.8, 4) is 5.69 Å². The summed E-state index contributed by atoms with van der Waals surface area (Å²) in [6, 6.07) is 6.96. The number of hydrogen-bond donors (Lipinski definition) is 2. The van der Waals surface area contributed by atoms with E-state index < -0.39 is 6.04 Å². The van der Waals surface area contributed by atoms with Gasteiger partial charge in [-0.25, -0.2) is 9.07 Å². The van der Waals surface area contributed by atoms with Gasteiger partial charge in [-0.3, -0.25) is 4.79 Å². The lowest BCUT2D eigenvalue weighted by Gasteiger charge is -2.09. The van der Waals surface area contributed by atoms with E-state index in [1.54, 1.807) is 22.9 Å². The van der Waals surface area contributed by atoms with Crippen LogP contribution in [0.1, 0.15) is 5.69 Å². The second-order valence-electron chi connectivity index (χ2n) is 4.61. The van der Waals surface area contributed by atoms with E-state index in [1.807, 2.05) is 6.92 Å². The Morgan fingerprint density at radius 2 is 2.29 bits per heavy atom. The maximum Gasteiger partial charge on any atom is 0.244 e. The molecule has 0 saturated carbocycles. The summed E-state index contributed by atoms with van der Waals surface area (Å²) < 4.78 is 19.6. The van der Waals surface area contributed by atoms with Gasteiger partial charge in [0.2, 0.25) is 5.91 Å². The molecule has 2 aromatic rings. The van der Waals surface area contributed by atoms with Gasteiger partial charge in [-0.05, 0) is 25.1 Å². The highest BCUT2D eigenvalue weighted by Gasteiger charge is 2.15. The number of nitrogens with zero attached hydrogens (tertiary/aromatic N) is 2. The molecule has 0 radical (unpaired) electrons. The first kappa shape index (κ1) is 15.1. The number of benzene rings is 1. The van der Waals surface area contributed by atoms with E-state index in [9.17, 15) is 9.18 Å². The molecule has 0 bridgehead atoms. The van der Waals surface area contributed by atoms with E-state index in [2.05, 4.69) is 10.4 Å². The molecule has 6 nitrogen and oxygen atoms in total. The summed E-state index contributed by atoms with van der Waals surface area (Å²) in [5, 5.41) is 6.83. The van der Waals surface area contributed by atoms with Crippen LogP contribution in [0.2, 0.25) is 0 Å². The first-order valence-corrected chi connectivity index (χ1v) is 6.39. The summed E-state index contributed by atoms with van der Waals surface area (Å²) in [7, 11) is 1.47. The van der Waals surface area contributed by atoms with Crippen molar-refractivity contribution in [2.45, 2.75) is 13.0 Å². The van der Waals surface area contributed by atoms with Crippen molar-refractivity contribution in [3.05, 3.63) is 41.8 Å². The molecule has 112 valence electrons. The van der Waals surface area contributed by atoms with E-state index in [0.29, 0.717) is 11.5 Å². The zero-order valence-corrected chi connectivity index (χ0v) is 11.8. The number of hydrogen-bond acceptors (Lipinski definition) is 4. The fraction of sp³-hybridized carbons (Fsp3) is 0.286. The molecule has 0 aliphatic rings. The second-order valence-corrected chi connectivity index (χ2v) is 4.61. The SMILES string of the molecule is COCC(N)C(=O)Nc1cc(C)n(-c2cccc(F)c2)n1. The number of rotatable bonds is 5. The predicted octanol–water partition coefficient (Wildman–Crippen LogP) is 1.23. The van der Waals surface area contributed by atoms with Gasteiger partial charge in [0.05, 0.1) is 12.3 Å². The lowest BCUT2D eigenvalue weighted by molar-refractivity contribution is -0.118. The average molecular weight is 292 g/mol. The fourth-order valence-electron chi connectivity index (χ4n) is 1.88. The van der Waals surface area contributed by atoms with Crippen LogP contribution in [0, 0.1) is 12.7 Å². The molecule has 2 rings (SSSR count). The zero-order valence-electron chi connectivity index (χ0n) is 11.8. The summed E-state index contributed by atoms with van der Waals surface area (Å²) in [6.07, 6.45) is 0. The van der Waals surface area contributed by atoms with Gasteiger partial charge in [-0.15, -0.1) is 5.10 Å². The molecule has 0 fully saturated rings. The molecule has 0 aliphatic carbocycles. The van der Waals surface area contributed by atoms with Gasteiger partial charge in [-0.2, -0.15) is 0 Å². The Balaban J connectivity index is 2.18. The molecule has 0 spiro atoms. The first-order valence-electron chi connectivity index (χ1n) is 6.39. The van der Waals surface area contributed by atoms with Crippen LogP contribution >= 0.6 is 0 Å². The number of halogens is 1. The van der Waals surface area contributed by atoms with Crippen LogP contribution in [0.25, 0.3) is 5.69 Å². The highest BCUT2D eigenvalue weighted by Crippen LogP contribution is 2.16. The molecule has 7 heteroatoms. The quantitative estimate of drug-likeness (QED) is 0.868. The summed E-state index contributed by atoms with van der Waals surface area (Å²) >= 11 is 0. The molecule has 21 heavy (non-hydrogen) atoms. The van der Waals surface area contributed by atoms with Crippen molar-refractivity contribution >= 4 is 11.7 Å². The Kier molecular flexibility index (Phi) is 4.66. The van der Waals surface area contributed by atoms with Crippen LogP contribution in [0.4, 0.5) is 10.2 Å². The van der Waals surface area contributed by atoms with Crippen LogP contribution < -0.4 is 11.1 Å². The molecule has 0 aliphatic heterocycles. The van der Waals surface area contributed by atoms with Gasteiger partial charge in [0, 0.05) is 18.9 Å². The van der Waals surface area contributed by atoms with Crippen molar-refractivity contribution in [1.29, 1.82) is 0 Å². The predicted molar refractivity (Wildman–Crippen MR) is 76.7 cm³/mol. The number of aryl methyl sites for hydroxylation is 1. The Morgan fingerprint density at radius 3 is 2.95 bits per heavy atom. The Morgan fingerprint density at radius 1 is 1.52 bits per heavy atom. The third-order valence-corrected chi connectivity index (χ3v) is 2.87. The van der Waals surface area contributed by atoms with Crippen LogP contribution in [0.15, 0.2) is 30.3 Å². The smallest absolute Gasteiger partial charge is 0.244 e. The van der Waals surface area contributed by atoms with E-state index in [4.69, 9.17) is 10.5 Å². The molecule has 1 heterocycles. The second kappa shape index (κ2) is 6.47. The van der Waals surface area contributed by atoms with Gasteiger partial charge >= 0.3 is 0 Å². The molecule has 1 amide bonds. The van der Waals surface area contributed by atoms with Crippen molar-refractivity contribution < 1.29 is 13.9 Å².